The number of carbonyl (C=O) groups is 3. The van der Waals surface area contributed by atoms with Gasteiger partial charge >= 0.3 is 12.2 Å². The number of hydrogen-bond acceptors (Lipinski definition) is 5. The number of halogens is 3. The largest absolute Gasteiger partial charge is 0.416 e. The van der Waals surface area contributed by atoms with E-state index < -0.39 is 35.5 Å². The molecule has 28 heavy (non-hydrogen) atoms. The minimum absolute atomic E-state index is 0.0927. The minimum Gasteiger partial charge on any atom is -0.290 e. The average molecular weight is 390 g/mol. The molecule has 0 radical (unpaired) electrons. The number of aliphatic imine (C=N–C) groups is 1. The molecule has 10 heteroatoms. The second-order valence-electron chi connectivity index (χ2n) is 5.80. The Morgan fingerprint density at radius 3 is 2.61 bits per heavy atom. The van der Waals surface area contributed by atoms with Gasteiger partial charge in [0, 0.05) is 12.4 Å². The molecule has 4 amide bonds. The van der Waals surface area contributed by atoms with Gasteiger partial charge in [-0.2, -0.15) is 13.2 Å². The molecule has 1 N–H and O–H groups in total. The first kappa shape index (κ1) is 19.2. The number of urea groups is 1. The molecule has 1 saturated heterocycles. The summed E-state index contributed by atoms with van der Waals surface area (Å²) in [6.45, 7) is 0.0927. The summed E-state index contributed by atoms with van der Waals surface area (Å²) in [4.78, 5) is 45.2. The topological polar surface area (TPSA) is 91.7 Å². The number of amides is 4. The lowest BCUT2D eigenvalue weighted by atomic mass is 10.1. The summed E-state index contributed by atoms with van der Waals surface area (Å²) >= 11 is 0. The van der Waals surface area contributed by atoms with Gasteiger partial charge in [-0.15, -0.1) is 0 Å². The highest BCUT2D eigenvalue weighted by atomic mass is 19.4. The smallest absolute Gasteiger partial charge is 0.290 e. The first-order chi connectivity index (χ1) is 13.3. The highest BCUT2D eigenvalue weighted by molar-refractivity contribution is 6.32. The van der Waals surface area contributed by atoms with Gasteiger partial charge in [0.2, 0.25) is 5.91 Å². The molecular weight excluding hydrogens is 377 g/mol. The van der Waals surface area contributed by atoms with E-state index in [2.05, 4.69) is 9.98 Å². The molecule has 2 aromatic rings. The summed E-state index contributed by atoms with van der Waals surface area (Å²) in [6.07, 6.45) is -2.04. The van der Waals surface area contributed by atoms with Gasteiger partial charge in [0.1, 0.15) is 0 Å². The lowest BCUT2D eigenvalue weighted by molar-refractivity contribution is -0.138. The van der Waals surface area contributed by atoms with Crippen LogP contribution in [-0.2, 0) is 22.3 Å². The Morgan fingerprint density at radius 2 is 1.93 bits per heavy atom. The highest BCUT2D eigenvalue weighted by Crippen LogP contribution is 2.32. The van der Waals surface area contributed by atoms with E-state index in [-0.39, 0.29) is 12.2 Å². The van der Waals surface area contributed by atoms with Gasteiger partial charge in [-0.05, 0) is 30.3 Å². The number of anilines is 1. The Morgan fingerprint density at radius 1 is 1.14 bits per heavy atom. The van der Waals surface area contributed by atoms with E-state index in [1.54, 1.807) is 24.4 Å². The number of imide groups is 2. The fourth-order valence-electron chi connectivity index (χ4n) is 2.53. The summed E-state index contributed by atoms with van der Waals surface area (Å²) in [5.41, 5.74) is -0.732. The monoisotopic (exact) mass is 390 g/mol. The Labute approximate surface area is 156 Å². The third-order valence-electron chi connectivity index (χ3n) is 3.87. The molecule has 7 nitrogen and oxygen atoms in total. The zero-order chi connectivity index (χ0) is 20.3. The van der Waals surface area contributed by atoms with Crippen molar-refractivity contribution in [2.75, 3.05) is 4.90 Å². The summed E-state index contributed by atoms with van der Waals surface area (Å²) in [6, 6.07) is 7.74. The fourth-order valence-corrected chi connectivity index (χ4v) is 2.53. The van der Waals surface area contributed by atoms with Gasteiger partial charge < -0.3 is 0 Å². The van der Waals surface area contributed by atoms with Crippen LogP contribution in [0.2, 0.25) is 0 Å². The van der Waals surface area contributed by atoms with Crippen LogP contribution in [-0.4, -0.2) is 29.0 Å². The van der Waals surface area contributed by atoms with Crippen molar-refractivity contribution < 1.29 is 27.6 Å². The number of aromatic nitrogens is 1. The second kappa shape index (κ2) is 7.59. The van der Waals surface area contributed by atoms with Crippen molar-refractivity contribution in [1.82, 2.24) is 10.3 Å². The quantitative estimate of drug-likeness (QED) is 0.642. The molecule has 1 aliphatic heterocycles. The van der Waals surface area contributed by atoms with Crippen LogP contribution in [0.1, 0.15) is 11.3 Å². The maximum absolute atomic E-state index is 12.9. The molecule has 0 aliphatic carbocycles. The zero-order valence-corrected chi connectivity index (χ0v) is 14.2. The van der Waals surface area contributed by atoms with Crippen molar-refractivity contribution in [1.29, 1.82) is 0 Å². The van der Waals surface area contributed by atoms with E-state index in [0.29, 0.717) is 16.7 Å². The minimum atomic E-state index is -4.65. The Bertz CT molecular complexity index is 945. The maximum Gasteiger partial charge on any atom is 0.416 e. The zero-order valence-electron chi connectivity index (χ0n) is 14.2. The predicted octanol–water partition coefficient (Wildman–Crippen LogP) is 2.57. The lowest BCUT2D eigenvalue weighted by Crippen LogP contribution is -2.58. The number of alkyl halides is 3. The number of carbonyl (C=O) groups excluding carboxylic acids is 3. The van der Waals surface area contributed by atoms with Crippen LogP contribution in [0, 0.1) is 5.92 Å². The van der Waals surface area contributed by atoms with Crippen molar-refractivity contribution in [2.24, 2.45) is 10.9 Å². The molecule has 1 aromatic heterocycles. The third kappa shape index (κ3) is 4.05. The van der Waals surface area contributed by atoms with Gasteiger partial charge in [0.25, 0.3) is 5.91 Å². The molecule has 0 bridgehead atoms. The highest BCUT2D eigenvalue weighted by Gasteiger charge is 2.41. The average Bonchev–Trinajstić information content (AvgIpc) is 2.64. The molecule has 3 rings (SSSR count). The van der Waals surface area contributed by atoms with E-state index in [9.17, 15) is 27.6 Å². The van der Waals surface area contributed by atoms with Crippen LogP contribution >= 0.6 is 0 Å². The summed E-state index contributed by atoms with van der Waals surface area (Å²) in [5, 5.41) is 1.95. The van der Waals surface area contributed by atoms with Gasteiger partial charge in [-0.1, -0.05) is 12.1 Å². The maximum atomic E-state index is 12.9. The molecule has 1 aliphatic rings. The number of rotatable bonds is 4. The SMILES string of the molecule is O=C1NC(=O)N(c2cccc(C(F)(F)F)c2)C(=O)[C@H]1C=NCc1ccccn1. The Hall–Kier alpha value is -3.56. The standard InChI is InChI=1S/C18H13F3N4O3/c19-18(20,21)11-4-3-6-13(8-11)25-16(27)14(15(26)24-17(25)28)10-22-9-12-5-1-2-7-23-12/h1-8,10,14H,9H2,(H,24,26,28)/t14-/m0/s1. The number of hydrogen-bond donors (Lipinski definition) is 1. The fraction of sp³-hybridized carbons (Fsp3) is 0.167. The van der Waals surface area contributed by atoms with E-state index in [0.717, 1.165) is 18.3 Å². The summed E-state index contributed by atoms with van der Waals surface area (Å²) < 4.78 is 38.7. The van der Waals surface area contributed by atoms with E-state index in [1.165, 1.54) is 6.07 Å². The molecule has 1 fully saturated rings. The molecule has 1 aromatic carbocycles. The molecule has 0 unspecified atom stereocenters. The Kier molecular flexibility index (Phi) is 5.21. The lowest BCUT2D eigenvalue weighted by Gasteiger charge is -2.28. The van der Waals surface area contributed by atoms with Crippen LogP contribution in [0.15, 0.2) is 53.7 Å². The van der Waals surface area contributed by atoms with E-state index in [1.807, 2.05) is 5.32 Å². The van der Waals surface area contributed by atoms with Crippen LogP contribution in [0.3, 0.4) is 0 Å². The normalized spacial score (nSPS) is 17.9. The van der Waals surface area contributed by atoms with Gasteiger partial charge in [0.05, 0.1) is 23.5 Å². The van der Waals surface area contributed by atoms with Crippen LogP contribution < -0.4 is 10.2 Å². The third-order valence-corrected chi connectivity index (χ3v) is 3.87. The molecule has 1 atom stereocenters. The number of barbiturate groups is 1. The van der Waals surface area contributed by atoms with Gasteiger partial charge in [-0.25, -0.2) is 9.69 Å². The predicted molar refractivity (Wildman–Crippen MR) is 92.4 cm³/mol. The number of pyridine rings is 1. The van der Waals surface area contributed by atoms with Crippen LogP contribution in [0.5, 0.6) is 0 Å². The van der Waals surface area contributed by atoms with Crippen molar-refractivity contribution >= 4 is 29.7 Å². The van der Waals surface area contributed by atoms with Crippen molar-refractivity contribution in [3.8, 4) is 0 Å². The number of nitrogens with one attached hydrogen (secondary N) is 1. The molecule has 0 saturated carbocycles. The number of benzene rings is 1. The summed E-state index contributed by atoms with van der Waals surface area (Å²) in [5.74, 6) is -3.34. The van der Waals surface area contributed by atoms with Crippen molar-refractivity contribution in [3.05, 3.63) is 59.9 Å². The first-order valence-corrected chi connectivity index (χ1v) is 8.03. The second-order valence-corrected chi connectivity index (χ2v) is 5.80. The van der Waals surface area contributed by atoms with E-state index >= 15 is 0 Å². The van der Waals surface area contributed by atoms with Crippen molar-refractivity contribution in [3.63, 3.8) is 0 Å². The summed E-state index contributed by atoms with van der Waals surface area (Å²) in [7, 11) is 0. The molecule has 144 valence electrons. The van der Waals surface area contributed by atoms with Gasteiger partial charge in [0.15, 0.2) is 5.92 Å². The molecule has 2 heterocycles. The van der Waals surface area contributed by atoms with Crippen LogP contribution in [0.4, 0.5) is 23.7 Å². The van der Waals surface area contributed by atoms with Crippen molar-refractivity contribution in [2.45, 2.75) is 12.7 Å². The van der Waals surface area contributed by atoms with Crippen LogP contribution in [0.25, 0.3) is 0 Å². The Balaban J connectivity index is 1.84. The first-order valence-electron chi connectivity index (χ1n) is 8.03. The molecule has 0 spiro atoms. The van der Waals surface area contributed by atoms with E-state index in [4.69, 9.17) is 0 Å². The van der Waals surface area contributed by atoms with Gasteiger partial charge in [-0.3, -0.25) is 24.9 Å². The number of nitrogens with zero attached hydrogens (tertiary/aromatic N) is 3. The molecular formula is C18H13F3N4O3.